The summed E-state index contributed by atoms with van der Waals surface area (Å²) in [6.07, 6.45) is 3.50. The maximum absolute atomic E-state index is 12.4. The summed E-state index contributed by atoms with van der Waals surface area (Å²) >= 11 is 1.28. The predicted molar refractivity (Wildman–Crippen MR) is 153 cm³/mol. The Morgan fingerprint density at radius 2 is 1.64 bits per heavy atom. The van der Waals surface area contributed by atoms with Gasteiger partial charge in [0.05, 0.1) is 38.0 Å². The van der Waals surface area contributed by atoms with E-state index in [2.05, 4.69) is 5.32 Å². The highest BCUT2D eigenvalue weighted by molar-refractivity contribution is 7.20. The number of carboxylic acid groups (broad SMARTS) is 2. The molecule has 13 heteroatoms. The molecular formula is C29H34N2O10S. The van der Waals surface area contributed by atoms with Gasteiger partial charge >= 0.3 is 11.9 Å². The number of hydrogen-bond donors (Lipinski definition) is 3. The molecule has 0 radical (unpaired) electrons. The number of likely N-dealkylation sites (tertiary alicyclic amines) is 1. The summed E-state index contributed by atoms with van der Waals surface area (Å²) in [6, 6.07) is 5.35. The van der Waals surface area contributed by atoms with Gasteiger partial charge in [0.25, 0.3) is 5.91 Å². The Balaban J connectivity index is 1.29. The summed E-state index contributed by atoms with van der Waals surface area (Å²) < 4.78 is 24.0. The predicted octanol–water partition coefficient (Wildman–Crippen LogP) is 2.86. The van der Waals surface area contributed by atoms with Crippen molar-refractivity contribution < 1.29 is 48.3 Å². The first-order chi connectivity index (χ1) is 20.2. The maximum atomic E-state index is 12.4. The van der Waals surface area contributed by atoms with Crippen LogP contribution in [0.1, 0.15) is 35.4 Å². The minimum Gasteiger partial charge on any atom is -0.493 e. The van der Waals surface area contributed by atoms with E-state index in [1.54, 1.807) is 24.1 Å². The van der Waals surface area contributed by atoms with Crippen molar-refractivity contribution in [1.29, 1.82) is 0 Å². The van der Waals surface area contributed by atoms with Gasteiger partial charge in [0, 0.05) is 50.4 Å². The van der Waals surface area contributed by atoms with E-state index in [1.165, 1.54) is 18.4 Å². The molecule has 1 fully saturated rings. The van der Waals surface area contributed by atoms with Crippen molar-refractivity contribution in [3.05, 3.63) is 46.4 Å². The van der Waals surface area contributed by atoms with Crippen molar-refractivity contribution in [2.75, 3.05) is 47.1 Å². The molecule has 0 bridgehead atoms. The van der Waals surface area contributed by atoms with Gasteiger partial charge in [-0.2, -0.15) is 0 Å². The van der Waals surface area contributed by atoms with Crippen molar-refractivity contribution in [3.63, 3.8) is 0 Å². The van der Waals surface area contributed by atoms with Gasteiger partial charge in [-0.15, -0.1) is 11.3 Å². The summed E-state index contributed by atoms with van der Waals surface area (Å²) in [7, 11) is 3.14. The number of carboxylic acids is 2. The topological polar surface area (TPSA) is 161 Å². The Morgan fingerprint density at radius 3 is 2.31 bits per heavy atom. The van der Waals surface area contributed by atoms with E-state index in [4.69, 9.17) is 29.2 Å². The summed E-state index contributed by atoms with van der Waals surface area (Å²) in [5, 5.41) is 21.0. The van der Waals surface area contributed by atoms with Crippen LogP contribution in [0.5, 0.6) is 11.5 Å². The molecule has 42 heavy (non-hydrogen) atoms. The molecule has 2 unspecified atom stereocenters. The van der Waals surface area contributed by atoms with Crippen LogP contribution in [0.3, 0.4) is 0 Å². The SMILES string of the molecule is COc1cc2sc(C(=O)NCCC(=O)O)cc2cc1OCCCOC1C=C2CN(C(=O)CCC(=O)O)CC2=CC1OC. The lowest BCUT2D eigenvalue weighted by Gasteiger charge is -2.26. The van der Waals surface area contributed by atoms with Crippen LogP contribution >= 0.6 is 11.3 Å². The highest BCUT2D eigenvalue weighted by atomic mass is 32.1. The van der Waals surface area contributed by atoms with Crippen LogP contribution < -0.4 is 14.8 Å². The molecule has 2 heterocycles. The molecule has 2 aliphatic rings. The van der Waals surface area contributed by atoms with Gasteiger partial charge in [-0.05, 0) is 40.8 Å². The van der Waals surface area contributed by atoms with Gasteiger partial charge in [0.15, 0.2) is 11.5 Å². The second-order valence-electron chi connectivity index (χ2n) is 9.82. The normalized spacial score (nSPS) is 17.8. The van der Waals surface area contributed by atoms with Crippen LogP contribution in [0.15, 0.2) is 41.5 Å². The Labute approximate surface area is 246 Å². The third-order valence-corrected chi connectivity index (χ3v) is 7.97. The largest absolute Gasteiger partial charge is 0.493 e. The van der Waals surface area contributed by atoms with E-state index in [0.717, 1.165) is 21.2 Å². The Morgan fingerprint density at radius 1 is 0.929 bits per heavy atom. The number of hydrogen-bond acceptors (Lipinski definition) is 9. The zero-order valence-electron chi connectivity index (χ0n) is 23.4. The minimum absolute atomic E-state index is 0.0290. The summed E-state index contributed by atoms with van der Waals surface area (Å²) in [4.78, 5) is 48.4. The average Bonchev–Trinajstić information content (AvgIpc) is 3.58. The number of ether oxygens (including phenoxy) is 4. The summed E-state index contributed by atoms with van der Waals surface area (Å²) in [5.74, 6) is -1.44. The molecule has 4 rings (SSSR count). The zero-order chi connectivity index (χ0) is 30.2. The van der Waals surface area contributed by atoms with Crippen LogP contribution in [0.25, 0.3) is 10.1 Å². The molecule has 3 N–H and O–H groups in total. The summed E-state index contributed by atoms with van der Waals surface area (Å²) in [5.41, 5.74) is 1.97. The monoisotopic (exact) mass is 602 g/mol. The number of carbonyl (C=O) groups excluding carboxylic acids is 2. The Bertz CT molecular complexity index is 1400. The van der Waals surface area contributed by atoms with Crippen molar-refractivity contribution in [2.24, 2.45) is 0 Å². The number of aliphatic carboxylic acids is 2. The maximum Gasteiger partial charge on any atom is 0.305 e. The molecule has 1 aromatic heterocycles. The molecular weight excluding hydrogens is 568 g/mol. The fourth-order valence-corrected chi connectivity index (χ4v) is 5.72. The highest BCUT2D eigenvalue weighted by Gasteiger charge is 2.32. The fourth-order valence-electron chi connectivity index (χ4n) is 4.73. The van der Waals surface area contributed by atoms with E-state index >= 15 is 0 Å². The zero-order valence-corrected chi connectivity index (χ0v) is 24.2. The van der Waals surface area contributed by atoms with Crippen molar-refractivity contribution in [1.82, 2.24) is 10.2 Å². The number of carbonyl (C=O) groups is 4. The van der Waals surface area contributed by atoms with Gasteiger partial charge in [-0.25, -0.2) is 0 Å². The molecule has 1 aliphatic heterocycles. The lowest BCUT2D eigenvalue weighted by atomic mass is 9.96. The number of rotatable bonds is 15. The molecule has 1 saturated heterocycles. The lowest BCUT2D eigenvalue weighted by molar-refractivity contribution is -0.140. The number of benzene rings is 1. The van der Waals surface area contributed by atoms with E-state index in [9.17, 15) is 19.2 Å². The Kier molecular flexibility index (Phi) is 10.6. The molecule has 12 nitrogen and oxygen atoms in total. The van der Waals surface area contributed by atoms with Crippen LogP contribution in [-0.4, -0.2) is 98.1 Å². The number of thiophene rings is 1. The van der Waals surface area contributed by atoms with E-state index in [0.29, 0.717) is 49.1 Å². The Hall–Kier alpha value is -3.94. The van der Waals surface area contributed by atoms with Crippen LogP contribution in [0.4, 0.5) is 0 Å². The number of nitrogens with one attached hydrogen (secondary N) is 1. The first-order valence-corrected chi connectivity index (χ1v) is 14.3. The van der Waals surface area contributed by atoms with Gasteiger partial charge < -0.3 is 39.4 Å². The van der Waals surface area contributed by atoms with Crippen molar-refractivity contribution in [2.45, 2.75) is 37.9 Å². The molecule has 226 valence electrons. The lowest BCUT2D eigenvalue weighted by Crippen LogP contribution is -2.31. The second kappa shape index (κ2) is 14.3. The first kappa shape index (κ1) is 31.0. The molecule has 0 saturated carbocycles. The molecule has 1 aliphatic carbocycles. The van der Waals surface area contributed by atoms with Crippen molar-refractivity contribution in [3.8, 4) is 11.5 Å². The first-order valence-electron chi connectivity index (χ1n) is 13.5. The van der Waals surface area contributed by atoms with Crippen LogP contribution in [-0.2, 0) is 23.9 Å². The average molecular weight is 603 g/mol. The van der Waals surface area contributed by atoms with Crippen molar-refractivity contribution >= 4 is 45.2 Å². The van der Waals surface area contributed by atoms with E-state index in [-0.39, 0.29) is 49.8 Å². The van der Waals surface area contributed by atoms with Gasteiger partial charge in [0.1, 0.15) is 12.2 Å². The van der Waals surface area contributed by atoms with Gasteiger partial charge in [0.2, 0.25) is 5.91 Å². The number of fused-ring (bicyclic) bond motifs is 2. The second-order valence-corrected chi connectivity index (χ2v) is 10.9. The number of methoxy groups -OCH3 is 2. The van der Waals surface area contributed by atoms with Gasteiger partial charge in [-0.3, -0.25) is 19.2 Å². The van der Waals surface area contributed by atoms with Crippen LogP contribution in [0.2, 0.25) is 0 Å². The third kappa shape index (κ3) is 7.87. The fraction of sp³-hybridized carbons (Fsp3) is 0.448. The van der Waals surface area contributed by atoms with E-state index in [1.807, 2.05) is 18.2 Å². The minimum atomic E-state index is -0.995. The van der Waals surface area contributed by atoms with Crippen LogP contribution in [0, 0.1) is 0 Å². The molecule has 1 aromatic carbocycles. The smallest absolute Gasteiger partial charge is 0.305 e. The van der Waals surface area contributed by atoms with Gasteiger partial charge in [-0.1, -0.05) is 0 Å². The highest BCUT2D eigenvalue weighted by Crippen LogP contribution is 2.37. The third-order valence-electron chi connectivity index (χ3n) is 6.87. The molecule has 2 atom stereocenters. The molecule has 2 amide bonds. The molecule has 0 spiro atoms. The summed E-state index contributed by atoms with van der Waals surface area (Å²) in [6.45, 7) is 1.64. The standard InChI is InChI=1S/C29H34N2O10S/c1-38-20-11-18-15-31(26(32)4-5-27(33)34)16-19(18)12-23(20)41-9-3-8-40-22-10-17-13-25(29(37)30-7-6-28(35)36)42-24(17)14-21(22)39-2/h10-14,20,23H,3-9,15-16H2,1-2H3,(H,30,37)(H,33,34)(H,35,36). The van der Waals surface area contributed by atoms with E-state index < -0.39 is 11.9 Å². The number of amides is 2. The molecule has 2 aromatic rings. The number of nitrogens with zero attached hydrogens (tertiary/aromatic N) is 1. The quantitative estimate of drug-likeness (QED) is 0.259.